The van der Waals surface area contributed by atoms with Crippen LogP contribution in [0.1, 0.15) is 32.8 Å². The Balaban J connectivity index is 1.89. The summed E-state index contributed by atoms with van der Waals surface area (Å²) < 4.78 is 25.3. The molecule has 0 aromatic heterocycles. The van der Waals surface area contributed by atoms with Gasteiger partial charge in [0, 0.05) is 37.7 Å². The molecule has 0 amide bonds. The minimum absolute atomic E-state index is 0.0225. The monoisotopic (exact) mass is 414 g/mol. The molecule has 2 rings (SSSR count). The van der Waals surface area contributed by atoms with Crippen LogP contribution in [0, 0.1) is 5.41 Å². The fourth-order valence-electron chi connectivity index (χ4n) is 3.13. The Morgan fingerprint density at radius 3 is 2.74 bits per heavy atom. The van der Waals surface area contributed by atoms with E-state index in [-0.39, 0.29) is 11.2 Å². The summed E-state index contributed by atoms with van der Waals surface area (Å²) in [5.41, 5.74) is 1.17. The molecule has 0 radical (unpaired) electrons. The maximum Gasteiger partial charge on any atom is 0.214 e. The fraction of sp³-hybridized carbons (Fsp3) is 0.632. The molecule has 1 aromatic carbocycles. The molecule has 8 heteroatoms. The van der Waals surface area contributed by atoms with Crippen molar-refractivity contribution >= 4 is 27.6 Å². The summed E-state index contributed by atoms with van der Waals surface area (Å²) >= 11 is 6.08. The van der Waals surface area contributed by atoms with Gasteiger partial charge in [0.05, 0.1) is 5.75 Å². The summed E-state index contributed by atoms with van der Waals surface area (Å²) in [6, 6.07) is 7.92. The van der Waals surface area contributed by atoms with Gasteiger partial charge in [-0.15, -0.1) is 0 Å². The first kappa shape index (κ1) is 22.0. The molecule has 0 saturated carbocycles. The highest BCUT2D eigenvalue weighted by Gasteiger charge is 2.27. The molecule has 0 bridgehead atoms. The first-order valence-electron chi connectivity index (χ1n) is 9.46. The second-order valence-electron chi connectivity index (χ2n) is 7.66. The lowest BCUT2D eigenvalue weighted by atomic mass is 9.86. The maximum absolute atomic E-state index is 11.9. The first-order valence-corrected chi connectivity index (χ1v) is 11.4. The Hall–Kier alpha value is -1.31. The predicted octanol–water partition coefficient (Wildman–Crippen LogP) is 2.50. The molecule has 27 heavy (non-hydrogen) atoms. The lowest BCUT2D eigenvalue weighted by molar-refractivity contribution is 0.376. The quantitative estimate of drug-likeness (QED) is 0.506. The molecular weight excluding hydrogens is 384 g/mol. The molecule has 0 spiro atoms. The van der Waals surface area contributed by atoms with E-state index in [4.69, 9.17) is 16.6 Å². The zero-order valence-electron chi connectivity index (χ0n) is 16.5. The van der Waals surface area contributed by atoms with Crippen LogP contribution >= 0.6 is 11.6 Å². The highest BCUT2D eigenvalue weighted by molar-refractivity contribution is 7.89. The van der Waals surface area contributed by atoms with Crippen molar-refractivity contribution < 1.29 is 8.42 Å². The average Bonchev–Trinajstić information content (AvgIpc) is 2.91. The van der Waals surface area contributed by atoms with Crippen LogP contribution in [0.2, 0.25) is 5.02 Å². The summed E-state index contributed by atoms with van der Waals surface area (Å²) in [5.74, 6) is 0.979. The van der Waals surface area contributed by atoms with Crippen molar-refractivity contribution in [2.45, 2.75) is 33.6 Å². The number of aliphatic imine (C=N–C) groups is 1. The number of benzene rings is 1. The summed E-state index contributed by atoms with van der Waals surface area (Å²) in [6.07, 6.45) is 1.59. The van der Waals surface area contributed by atoms with E-state index in [0.717, 1.165) is 18.0 Å². The van der Waals surface area contributed by atoms with E-state index in [2.05, 4.69) is 30.5 Å². The van der Waals surface area contributed by atoms with Crippen LogP contribution in [-0.4, -0.2) is 57.2 Å². The third kappa shape index (κ3) is 7.31. The van der Waals surface area contributed by atoms with E-state index in [1.54, 1.807) is 4.31 Å². The molecule has 1 saturated heterocycles. The molecule has 2 N–H and O–H groups in total. The first-order chi connectivity index (χ1) is 12.7. The van der Waals surface area contributed by atoms with Crippen LogP contribution in [0.3, 0.4) is 0 Å². The molecule has 1 aliphatic heterocycles. The van der Waals surface area contributed by atoms with Crippen LogP contribution in [0.15, 0.2) is 29.3 Å². The second kappa shape index (κ2) is 9.75. The Kier molecular flexibility index (Phi) is 7.94. The lowest BCUT2D eigenvalue weighted by Crippen LogP contribution is -2.42. The number of halogens is 1. The van der Waals surface area contributed by atoms with Crippen molar-refractivity contribution in [3.63, 3.8) is 0 Å². The Morgan fingerprint density at radius 1 is 1.33 bits per heavy atom. The fourth-order valence-corrected chi connectivity index (χ4v) is 4.87. The van der Waals surface area contributed by atoms with E-state index in [1.807, 2.05) is 25.1 Å². The number of hydrogen-bond acceptors (Lipinski definition) is 3. The highest BCUT2D eigenvalue weighted by atomic mass is 35.5. The van der Waals surface area contributed by atoms with Crippen molar-refractivity contribution in [3.8, 4) is 0 Å². The van der Waals surface area contributed by atoms with Crippen LogP contribution in [0.5, 0.6) is 0 Å². The standard InChI is InChI=1S/C19H31ClN4O2S/c1-4-21-18(22-9-11-24-10-6-12-27(24,25)26)23-15-19(2,3)14-16-7-5-8-17(20)13-16/h5,7-8,13H,4,6,9-12,14-15H2,1-3H3,(H2,21,22,23). The van der Waals surface area contributed by atoms with Crippen LogP contribution in [-0.2, 0) is 16.4 Å². The minimum Gasteiger partial charge on any atom is -0.357 e. The zero-order valence-corrected chi connectivity index (χ0v) is 18.0. The van der Waals surface area contributed by atoms with Gasteiger partial charge in [-0.25, -0.2) is 12.7 Å². The van der Waals surface area contributed by atoms with E-state index in [0.29, 0.717) is 38.6 Å². The third-order valence-electron chi connectivity index (χ3n) is 4.44. The molecule has 0 aliphatic carbocycles. The number of rotatable bonds is 8. The summed E-state index contributed by atoms with van der Waals surface area (Å²) in [6.45, 7) is 9.40. The van der Waals surface area contributed by atoms with Crippen LogP contribution < -0.4 is 10.6 Å². The van der Waals surface area contributed by atoms with Crippen molar-refractivity contribution in [2.24, 2.45) is 10.4 Å². The van der Waals surface area contributed by atoms with Crippen LogP contribution in [0.25, 0.3) is 0 Å². The molecule has 1 aromatic rings. The number of hydrogen-bond donors (Lipinski definition) is 2. The zero-order chi connectivity index (χ0) is 19.9. The normalized spacial score (nSPS) is 17.9. The molecule has 1 heterocycles. The van der Waals surface area contributed by atoms with Gasteiger partial charge in [-0.05, 0) is 42.9 Å². The molecular formula is C19H31ClN4O2S. The number of nitrogens with zero attached hydrogens (tertiary/aromatic N) is 2. The average molecular weight is 415 g/mol. The van der Waals surface area contributed by atoms with Crippen LogP contribution in [0.4, 0.5) is 0 Å². The Labute approximate surface area is 168 Å². The van der Waals surface area contributed by atoms with Gasteiger partial charge in [0.25, 0.3) is 0 Å². The highest BCUT2D eigenvalue weighted by Crippen LogP contribution is 2.24. The molecule has 152 valence electrons. The van der Waals surface area contributed by atoms with Gasteiger partial charge in [0.1, 0.15) is 0 Å². The SMILES string of the molecule is CCNC(=NCC(C)(C)Cc1cccc(Cl)c1)NCCN1CCCS1(=O)=O. The molecule has 0 atom stereocenters. The number of guanidine groups is 1. The van der Waals surface area contributed by atoms with Gasteiger partial charge in [0.2, 0.25) is 10.0 Å². The van der Waals surface area contributed by atoms with E-state index in [9.17, 15) is 8.42 Å². The summed E-state index contributed by atoms with van der Waals surface area (Å²) in [5, 5.41) is 7.22. The van der Waals surface area contributed by atoms with E-state index in [1.165, 1.54) is 5.56 Å². The van der Waals surface area contributed by atoms with Crippen molar-refractivity contribution in [1.29, 1.82) is 0 Å². The molecule has 1 aliphatic rings. The van der Waals surface area contributed by atoms with Gasteiger partial charge >= 0.3 is 0 Å². The molecule has 1 fully saturated rings. The second-order valence-corrected chi connectivity index (χ2v) is 10.2. The van der Waals surface area contributed by atoms with E-state index >= 15 is 0 Å². The van der Waals surface area contributed by atoms with Gasteiger partial charge in [-0.2, -0.15) is 0 Å². The van der Waals surface area contributed by atoms with Crippen molar-refractivity contribution in [2.75, 3.05) is 38.5 Å². The van der Waals surface area contributed by atoms with Gasteiger partial charge < -0.3 is 10.6 Å². The van der Waals surface area contributed by atoms with Gasteiger partial charge in [-0.1, -0.05) is 37.6 Å². The summed E-state index contributed by atoms with van der Waals surface area (Å²) in [7, 11) is -3.05. The molecule has 0 unspecified atom stereocenters. The predicted molar refractivity (Wildman–Crippen MR) is 113 cm³/mol. The van der Waals surface area contributed by atoms with Crippen molar-refractivity contribution in [3.05, 3.63) is 34.9 Å². The largest absolute Gasteiger partial charge is 0.357 e. The van der Waals surface area contributed by atoms with Gasteiger partial charge in [-0.3, -0.25) is 4.99 Å². The smallest absolute Gasteiger partial charge is 0.214 e. The third-order valence-corrected chi connectivity index (χ3v) is 6.63. The molecule has 6 nitrogen and oxygen atoms in total. The minimum atomic E-state index is -3.05. The summed E-state index contributed by atoms with van der Waals surface area (Å²) in [4.78, 5) is 4.70. The maximum atomic E-state index is 11.9. The van der Waals surface area contributed by atoms with E-state index < -0.39 is 10.0 Å². The Bertz CT molecular complexity index is 750. The lowest BCUT2D eigenvalue weighted by Gasteiger charge is -2.24. The number of sulfonamides is 1. The number of nitrogens with one attached hydrogen (secondary N) is 2. The topological polar surface area (TPSA) is 73.8 Å². The van der Waals surface area contributed by atoms with Gasteiger partial charge in [0.15, 0.2) is 5.96 Å². The Morgan fingerprint density at radius 2 is 2.11 bits per heavy atom. The van der Waals surface area contributed by atoms with Crippen molar-refractivity contribution in [1.82, 2.24) is 14.9 Å².